The summed E-state index contributed by atoms with van der Waals surface area (Å²) in [5.41, 5.74) is 0.567. The smallest absolute Gasteiger partial charge is 0.129 e. The zero-order valence-electron chi connectivity index (χ0n) is 12.1. The van der Waals surface area contributed by atoms with Gasteiger partial charge in [-0.1, -0.05) is 24.1 Å². The van der Waals surface area contributed by atoms with Crippen molar-refractivity contribution in [3.63, 3.8) is 0 Å². The van der Waals surface area contributed by atoms with Crippen LogP contribution in [0, 0.1) is 11.7 Å². The second-order valence-corrected chi connectivity index (χ2v) is 6.33. The van der Waals surface area contributed by atoms with E-state index in [0.29, 0.717) is 35.1 Å². The van der Waals surface area contributed by atoms with Crippen LogP contribution in [-0.4, -0.2) is 31.8 Å². The molecule has 3 atom stereocenters. The fourth-order valence-corrected chi connectivity index (χ4v) is 3.75. The van der Waals surface area contributed by atoms with Gasteiger partial charge in [0.1, 0.15) is 5.82 Å². The second-order valence-electron chi connectivity index (χ2n) is 5.92. The van der Waals surface area contributed by atoms with Crippen LogP contribution in [0.4, 0.5) is 4.39 Å². The molecule has 1 heterocycles. The summed E-state index contributed by atoms with van der Waals surface area (Å²) in [7, 11) is 0. The highest BCUT2D eigenvalue weighted by molar-refractivity contribution is 6.31. The molecule has 2 fully saturated rings. The fourth-order valence-electron chi connectivity index (χ4n) is 3.52. The number of hydrogen-bond acceptors (Lipinski definition) is 3. The van der Waals surface area contributed by atoms with E-state index in [2.05, 4.69) is 10.6 Å². The molecule has 21 heavy (non-hydrogen) atoms. The molecule has 1 aromatic rings. The first-order valence-electron chi connectivity index (χ1n) is 7.73. The molecule has 5 heteroatoms. The first-order chi connectivity index (χ1) is 10.3. The lowest BCUT2D eigenvalue weighted by atomic mass is 9.94. The van der Waals surface area contributed by atoms with Crippen LogP contribution in [-0.2, 0) is 11.3 Å². The molecule has 0 radical (unpaired) electrons. The predicted molar refractivity (Wildman–Crippen MR) is 82.0 cm³/mol. The van der Waals surface area contributed by atoms with E-state index in [9.17, 15) is 4.39 Å². The zero-order valence-corrected chi connectivity index (χ0v) is 12.8. The van der Waals surface area contributed by atoms with Gasteiger partial charge in [-0.25, -0.2) is 4.39 Å². The summed E-state index contributed by atoms with van der Waals surface area (Å²) in [4.78, 5) is 0. The Kier molecular flexibility index (Phi) is 5.11. The van der Waals surface area contributed by atoms with Gasteiger partial charge < -0.3 is 15.4 Å². The highest BCUT2D eigenvalue weighted by Gasteiger charge is 2.34. The normalized spacial score (nSPS) is 29.7. The Morgan fingerprint density at radius 3 is 3.05 bits per heavy atom. The van der Waals surface area contributed by atoms with Crippen molar-refractivity contribution in [3.05, 3.63) is 34.6 Å². The van der Waals surface area contributed by atoms with E-state index < -0.39 is 0 Å². The van der Waals surface area contributed by atoms with E-state index in [1.165, 1.54) is 18.9 Å². The maximum Gasteiger partial charge on any atom is 0.129 e. The standard InChI is InChI=1S/C16H22ClFN2O/c17-13-4-2-5-14(18)12(13)9-20-15-6-1-3-11(15)16-10-21-8-7-19-16/h2,4-5,11,15-16,19-20H,1,3,6-10H2. The molecular weight excluding hydrogens is 291 g/mol. The van der Waals surface area contributed by atoms with E-state index in [1.807, 2.05) is 0 Å². The van der Waals surface area contributed by atoms with Gasteiger partial charge in [0.25, 0.3) is 0 Å². The lowest BCUT2D eigenvalue weighted by molar-refractivity contribution is 0.0524. The van der Waals surface area contributed by atoms with Crippen LogP contribution in [0.1, 0.15) is 24.8 Å². The third-order valence-corrected chi connectivity index (χ3v) is 4.99. The topological polar surface area (TPSA) is 33.3 Å². The monoisotopic (exact) mass is 312 g/mol. The van der Waals surface area contributed by atoms with Gasteiger partial charge in [0, 0.05) is 35.8 Å². The van der Waals surface area contributed by atoms with Gasteiger partial charge in [-0.2, -0.15) is 0 Å². The van der Waals surface area contributed by atoms with Gasteiger partial charge in [0.2, 0.25) is 0 Å². The first kappa shape index (κ1) is 15.2. The molecule has 3 rings (SSSR count). The van der Waals surface area contributed by atoms with Gasteiger partial charge in [0.15, 0.2) is 0 Å². The first-order valence-corrected chi connectivity index (χ1v) is 8.11. The minimum absolute atomic E-state index is 0.233. The lowest BCUT2D eigenvalue weighted by Gasteiger charge is -2.33. The Bertz CT molecular complexity index is 459. The largest absolute Gasteiger partial charge is 0.379 e. The molecule has 1 aromatic carbocycles. The highest BCUT2D eigenvalue weighted by atomic mass is 35.5. The molecule has 3 nitrogen and oxygen atoms in total. The number of nitrogens with one attached hydrogen (secondary N) is 2. The molecule has 1 saturated heterocycles. The molecule has 116 valence electrons. The second kappa shape index (κ2) is 7.05. The molecule has 1 saturated carbocycles. The Morgan fingerprint density at radius 2 is 2.29 bits per heavy atom. The predicted octanol–water partition coefficient (Wildman–Crippen LogP) is 2.73. The average molecular weight is 313 g/mol. The van der Waals surface area contributed by atoms with Crippen molar-refractivity contribution in [1.29, 1.82) is 0 Å². The Hall–Kier alpha value is -0.680. The van der Waals surface area contributed by atoms with Crippen molar-refractivity contribution < 1.29 is 9.13 Å². The maximum absolute atomic E-state index is 13.8. The zero-order chi connectivity index (χ0) is 14.7. The van der Waals surface area contributed by atoms with Crippen molar-refractivity contribution in [3.8, 4) is 0 Å². The molecule has 0 spiro atoms. The lowest BCUT2D eigenvalue weighted by Crippen LogP contribution is -2.50. The number of benzene rings is 1. The summed E-state index contributed by atoms with van der Waals surface area (Å²) in [5.74, 6) is 0.319. The summed E-state index contributed by atoms with van der Waals surface area (Å²) < 4.78 is 19.4. The number of hydrogen-bond donors (Lipinski definition) is 2. The number of halogens is 2. The van der Waals surface area contributed by atoms with E-state index >= 15 is 0 Å². The van der Waals surface area contributed by atoms with E-state index in [1.54, 1.807) is 12.1 Å². The minimum atomic E-state index is -0.233. The van der Waals surface area contributed by atoms with Crippen molar-refractivity contribution in [2.24, 2.45) is 5.92 Å². The summed E-state index contributed by atoms with van der Waals surface area (Å²) >= 11 is 6.09. The molecule has 3 unspecified atom stereocenters. The number of morpholine rings is 1. The third-order valence-electron chi connectivity index (χ3n) is 4.64. The van der Waals surface area contributed by atoms with Crippen molar-refractivity contribution in [1.82, 2.24) is 10.6 Å². The highest BCUT2D eigenvalue weighted by Crippen LogP contribution is 2.30. The van der Waals surface area contributed by atoms with Crippen LogP contribution in [0.25, 0.3) is 0 Å². The fraction of sp³-hybridized carbons (Fsp3) is 0.625. The summed E-state index contributed by atoms with van der Waals surface area (Å²) in [6.45, 7) is 2.99. The van der Waals surface area contributed by atoms with Crippen molar-refractivity contribution >= 4 is 11.6 Å². The molecule has 2 N–H and O–H groups in total. The van der Waals surface area contributed by atoms with Crippen molar-refractivity contribution in [2.75, 3.05) is 19.8 Å². The van der Waals surface area contributed by atoms with Crippen LogP contribution in [0.5, 0.6) is 0 Å². The SMILES string of the molecule is Fc1cccc(Cl)c1CNC1CCCC1C1COCCN1. The molecule has 0 aromatic heterocycles. The van der Waals surface area contributed by atoms with Crippen LogP contribution in [0.3, 0.4) is 0 Å². The summed E-state index contributed by atoms with van der Waals surface area (Å²) in [5, 5.41) is 7.55. The van der Waals surface area contributed by atoms with Gasteiger partial charge in [-0.3, -0.25) is 0 Å². The third kappa shape index (κ3) is 3.57. The Balaban J connectivity index is 1.61. The van der Waals surface area contributed by atoms with Gasteiger partial charge in [-0.15, -0.1) is 0 Å². The number of ether oxygens (including phenoxy) is 1. The minimum Gasteiger partial charge on any atom is -0.379 e. The van der Waals surface area contributed by atoms with E-state index in [0.717, 1.165) is 26.2 Å². The van der Waals surface area contributed by atoms with Crippen LogP contribution in [0.15, 0.2) is 18.2 Å². The molecule has 1 aliphatic carbocycles. The van der Waals surface area contributed by atoms with Crippen LogP contribution < -0.4 is 10.6 Å². The molecule has 0 amide bonds. The van der Waals surface area contributed by atoms with Crippen LogP contribution >= 0.6 is 11.6 Å². The molecular formula is C16H22ClFN2O. The van der Waals surface area contributed by atoms with Gasteiger partial charge in [-0.05, 0) is 30.9 Å². The number of rotatable bonds is 4. The average Bonchev–Trinajstić information content (AvgIpc) is 2.96. The summed E-state index contributed by atoms with van der Waals surface area (Å²) in [6.07, 6.45) is 3.55. The van der Waals surface area contributed by atoms with E-state index in [4.69, 9.17) is 16.3 Å². The maximum atomic E-state index is 13.8. The molecule has 0 bridgehead atoms. The van der Waals surface area contributed by atoms with Crippen molar-refractivity contribution in [2.45, 2.75) is 37.9 Å². The van der Waals surface area contributed by atoms with E-state index in [-0.39, 0.29) is 5.82 Å². The Labute approximate surface area is 130 Å². The van der Waals surface area contributed by atoms with Gasteiger partial charge in [0.05, 0.1) is 13.2 Å². The molecule has 1 aliphatic heterocycles. The molecule has 2 aliphatic rings. The van der Waals surface area contributed by atoms with Gasteiger partial charge >= 0.3 is 0 Å². The summed E-state index contributed by atoms with van der Waals surface area (Å²) in [6, 6.07) is 5.66. The van der Waals surface area contributed by atoms with Crippen LogP contribution in [0.2, 0.25) is 5.02 Å². The quantitative estimate of drug-likeness (QED) is 0.897. The Morgan fingerprint density at radius 1 is 1.38 bits per heavy atom.